The van der Waals surface area contributed by atoms with E-state index in [1.807, 2.05) is 6.07 Å². The van der Waals surface area contributed by atoms with Crippen molar-refractivity contribution >= 4 is 11.6 Å². The first kappa shape index (κ1) is 9.15. The van der Waals surface area contributed by atoms with Crippen LogP contribution in [0.25, 0.3) is 0 Å². The molecular formula is C10H11FN2O. The molecule has 1 aromatic carbocycles. The van der Waals surface area contributed by atoms with E-state index in [1.54, 1.807) is 14.0 Å². The second-order valence-electron chi connectivity index (χ2n) is 3.42. The Morgan fingerprint density at radius 2 is 2.21 bits per heavy atom. The summed E-state index contributed by atoms with van der Waals surface area (Å²) >= 11 is 0. The molecule has 1 heterocycles. The van der Waals surface area contributed by atoms with E-state index in [-0.39, 0.29) is 11.7 Å². The Balaban J connectivity index is 2.58. The highest BCUT2D eigenvalue weighted by Gasteiger charge is 2.31. The van der Waals surface area contributed by atoms with Crippen LogP contribution < -0.4 is 10.6 Å². The van der Waals surface area contributed by atoms with Crippen molar-refractivity contribution in [2.45, 2.75) is 13.0 Å². The molecular weight excluding hydrogens is 183 g/mol. The van der Waals surface area contributed by atoms with Crippen molar-refractivity contribution in [3.05, 3.63) is 29.1 Å². The Bertz CT molecular complexity index is 403. The zero-order valence-corrected chi connectivity index (χ0v) is 8.02. The Hall–Kier alpha value is -1.42. The number of fused-ring (bicyclic) bond motifs is 1. The van der Waals surface area contributed by atoms with Gasteiger partial charge in [0.05, 0.1) is 5.69 Å². The largest absolute Gasteiger partial charge is 0.322 e. The molecule has 1 aliphatic rings. The monoisotopic (exact) mass is 194 g/mol. The average Bonchev–Trinajstić information content (AvgIpc) is 2.41. The lowest BCUT2D eigenvalue weighted by atomic mass is 10.1. The van der Waals surface area contributed by atoms with E-state index in [9.17, 15) is 9.18 Å². The van der Waals surface area contributed by atoms with Crippen LogP contribution in [-0.2, 0) is 4.79 Å². The minimum absolute atomic E-state index is 0.202. The van der Waals surface area contributed by atoms with Crippen LogP contribution >= 0.6 is 0 Å². The fraction of sp³-hybridized carbons (Fsp3) is 0.300. The summed E-state index contributed by atoms with van der Waals surface area (Å²) in [4.78, 5) is 11.4. The fourth-order valence-electron chi connectivity index (χ4n) is 1.75. The van der Waals surface area contributed by atoms with Crippen molar-refractivity contribution in [2.75, 3.05) is 12.4 Å². The van der Waals surface area contributed by atoms with Crippen molar-refractivity contribution in [2.24, 2.45) is 0 Å². The molecule has 1 atom stereocenters. The number of carbonyl (C=O) groups is 1. The lowest BCUT2D eigenvalue weighted by Crippen LogP contribution is -2.23. The Labute approximate surface area is 81.3 Å². The van der Waals surface area contributed by atoms with Gasteiger partial charge in [0.15, 0.2) is 0 Å². The van der Waals surface area contributed by atoms with Gasteiger partial charge in [0, 0.05) is 5.56 Å². The molecule has 2 N–H and O–H groups in total. The minimum atomic E-state index is -0.431. The summed E-state index contributed by atoms with van der Waals surface area (Å²) in [5, 5.41) is 5.36. The van der Waals surface area contributed by atoms with Gasteiger partial charge in [-0.2, -0.15) is 0 Å². The maximum atomic E-state index is 13.4. The highest BCUT2D eigenvalue weighted by atomic mass is 19.1. The number of benzene rings is 1. The van der Waals surface area contributed by atoms with E-state index in [0.717, 1.165) is 5.56 Å². The number of aryl methyl sites for hydroxylation is 1. The minimum Gasteiger partial charge on any atom is -0.322 e. The molecule has 0 fully saturated rings. The Kier molecular flexibility index (Phi) is 2.00. The molecule has 3 nitrogen and oxygen atoms in total. The number of nitrogens with one attached hydrogen (secondary N) is 2. The number of amides is 1. The summed E-state index contributed by atoms with van der Waals surface area (Å²) in [6.07, 6.45) is 0. The zero-order chi connectivity index (χ0) is 10.3. The van der Waals surface area contributed by atoms with E-state index in [4.69, 9.17) is 0 Å². The topological polar surface area (TPSA) is 41.1 Å². The predicted octanol–water partition coefficient (Wildman–Crippen LogP) is 1.35. The number of carbonyl (C=O) groups excluding carboxylic acids is 1. The van der Waals surface area contributed by atoms with Gasteiger partial charge >= 0.3 is 0 Å². The van der Waals surface area contributed by atoms with Gasteiger partial charge in [0.25, 0.3) is 0 Å². The molecule has 1 unspecified atom stereocenters. The van der Waals surface area contributed by atoms with E-state index in [0.29, 0.717) is 11.3 Å². The summed E-state index contributed by atoms with van der Waals surface area (Å²) < 4.78 is 13.4. The van der Waals surface area contributed by atoms with Gasteiger partial charge in [-0.1, -0.05) is 6.07 Å². The molecule has 0 bridgehead atoms. The van der Waals surface area contributed by atoms with Crippen LogP contribution in [0.3, 0.4) is 0 Å². The summed E-state index contributed by atoms with van der Waals surface area (Å²) in [7, 11) is 1.68. The summed E-state index contributed by atoms with van der Waals surface area (Å²) in [6, 6.07) is 2.80. The van der Waals surface area contributed by atoms with E-state index in [2.05, 4.69) is 10.6 Å². The fourth-order valence-corrected chi connectivity index (χ4v) is 1.75. The maximum Gasteiger partial charge on any atom is 0.246 e. The summed E-state index contributed by atoms with van der Waals surface area (Å²) in [5.41, 5.74) is 1.81. The molecule has 0 radical (unpaired) electrons. The Morgan fingerprint density at radius 3 is 2.86 bits per heavy atom. The SMILES string of the molecule is CNC1C(=O)Nc2c(F)cc(C)cc21. The van der Waals surface area contributed by atoms with Gasteiger partial charge in [0.1, 0.15) is 11.9 Å². The van der Waals surface area contributed by atoms with E-state index in [1.165, 1.54) is 6.07 Å². The predicted molar refractivity (Wildman–Crippen MR) is 51.6 cm³/mol. The van der Waals surface area contributed by atoms with Gasteiger partial charge < -0.3 is 10.6 Å². The van der Waals surface area contributed by atoms with Crippen LogP contribution in [0.4, 0.5) is 10.1 Å². The third-order valence-electron chi connectivity index (χ3n) is 2.38. The van der Waals surface area contributed by atoms with Crippen LogP contribution in [0.1, 0.15) is 17.2 Å². The number of rotatable bonds is 1. The average molecular weight is 194 g/mol. The normalized spacial score (nSPS) is 19.4. The molecule has 74 valence electrons. The molecule has 4 heteroatoms. The quantitative estimate of drug-likeness (QED) is 0.708. The summed E-state index contributed by atoms with van der Waals surface area (Å²) in [6.45, 7) is 1.80. The third-order valence-corrected chi connectivity index (χ3v) is 2.38. The lowest BCUT2D eigenvalue weighted by molar-refractivity contribution is -0.117. The zero-order valence-electron chi connectivity index (χ0n) is 8.02. The number of anilines is 1. The van der Waals surface area contributed by atoms with E-state index >= 15 is 0 Å². The first-order chi connectivity index (χ1) is 6.63. The molecule has 1 aromatic rings. The third kappa shape index (κ3) is 1.19. The van der Waals surface area contributed by atoms with Crippen molar-refractivity contribution in [1.82, 2.24) is 5.32 Å². The van der Waals surface area contributed by atoms with Gasteiger partial charge in [-0.25, -0.2) is 4.39 Å². The summed E-state index contributed by atoms with van der Waals surface area (Å²) in [5.74, 6) is -0.571. The van der Waals surface area contributed by atoms with Gasteiger partial charge in [-0.05, 0) is 25.6 Å². The molecule has 0 saturated carbocycles. The Morgan fingerprint density at radius 1 is 1.50 bits per heavy atom. The van der Waals surface area contributed by atoms with Crippen LogP contribution in [-0.4, -0.2) is 13.0 Å². The number of hydrogen-bond acceptors (Lipinski definition) is 2. The molecule has 0 aromatic heterocycles. The van der Waals surface area contributed by atoms with Crippen molar-refractivity contribution in [3.8, 4) is 0 Å². The molecule has 1 amide bonds. The van der Waals surface area contributed by atoms with Crippen LogP contribution in [0.2, 0.25) is 0 Å². The molecule has 0 spiro atoms. The number of likely N-dealkylation sites (N-methyl/N-ethyl adjacent to an activating group) is 1. The van der Waals surface area contributed by atoms with E-state index < -0.39 is 6.04 Å². The highest BCUT2D eigenvalue weighted by Crippen LogP contribution is 2.33. The molecule has 14 heavy (non-hydrogen) atoms. The first-order valence-corrected chi connectivity index (χ1v) is 4.41. The first-order valence-electron chi connectivity index (χ1n) is 4.41. The van der Waals surface area contributed by atoms with Crippen molar-refractivity contribution < 1.29 is 9.18 Å². The standard InChI is InChI=1S/C10H11FN2O/c1-5-3-6-8(7(11)4-5)13-10(14)9(6)12-2/h3-4,9,12H,1-2H3,(H,13,14). The second-order valence-corrected chi connectivity index (χ2v) is 3.42. The number of hydrogen-bond donors (Lipinski definition) is 2. The van der Waals surface area contributed by atoms with Crippen LogP contribution in [0, 0.1) is 12.7 Å². The highest BCUT2D eigenvalue weighted by molar-refractivity contribution is 6.02. The van der Waals surface area contributed by atoms with Gasteiger partial charge in [-0.15, -0.1) is 0 Å². The van der Waals surface area contributed by atoms with Crippen LogP contribution in [0.5, 0.6) is 0 Å². The lowest BCUT2D eigenvalue weighted by Gasteiger charge is -2.07. The van der Waals surface area contributed by atoms with Crippen LogP contribution in [0.15, 0.2) is 12.1 Å². The molecule has 2 rings (SSSR count). The number of halogens is 1. The van der Waals surface area contributed by atoms with Crippen molar-refractivity contribution in [1.29, 1.82) is 0 Å². The second kappa shape index (κ2) is 3.06. The smallest absolute Gasteiger partial charge is 0.246 e. The van der Waals surface area contributed by atoms with Gasteiger partial charge in [0.2, 0.25) is 5.91 Å². The maximum absolute atomic E-state index is 13.4. The van der Waals surface area contributed by atoms with Crippen molar-refractivity contribution in [3.63, 3.8) is 0 Å². The molecule has 0 aliphatic carbocycles. The molecule has 0 saturated heterocycles. The molecule has 1 aliphatic heterocycles. The van der Waals surface area contributed by atoms with Gasteiger partial charge in [-0.3, -0.25) is 4.79 Å².